The highest BCUT2D eigenvalue weighted by Crippen LogP contribution is 2.21. The number of alkyl halides is 2. The molecule has 0 saturated carbocycles. The lowest BCUT2D eigenvalue weighted by Crippen LogP contribution is -2.12. The molecule has 0 saturated heterocycles. The van der Waals surface area contributed by atoms with Crippen molar-refractivity contribution in [3.05, 3.63) is 28.8 Å². The van der Waals surface area contributed by atoms with Gasteiger partial charge in [0, 0.05) is 11.6 Å². The third-order valence-electron chi connectivity index (χ3n) is 2.05. The van der Waals surface area contributed by atoms with Gasteiger partial charge in [0.2, 0.25) is 0 Å². The first kappa shape index (κ1) is 14.0. The molecule has 0 aliphatic carbocycles. The van der Waals surface area contributed by atoms with Crippen molar-refractivity contribution >= 4 is 5.97 Å². The summed E-state index contributed by atoms with van der Waals surface area (Å²) < 4.78 is 42.8. The molecule has 1 rings (SSSR count). The van der Waals surface area contributed by atoms with Crippen LogP contribution in [0.5, 0.6) is 0 Å². The quantitative estimate of drug-likeness (QED) is 0.776. The SMILES string of the molecule is CCOC(=O)Cc1c(F)cc(C(F)F)nc1C#N. The van der Waals surface area contributed by atoms with Crippen LogP contribution in [0.15, 0.2) is 6.07 Å². The number of rotatable bonds is 4. The van der Waals surface area contributed by atoms with Crippen LogP contribution in [0.1, 0.15) is 30.3 Å². The van der Waals surface area contributed by atoms with Crippen molar-refractivity contribution in [3.8, 4) is 6.07 Å². The second-order valence-corrected chi connectivity index (χ2v) is 3.25. The predicted octanol–water partition coefficient (Wildman–Crippen LogP) is 2.14. The first-order valence-electron chi connectivity index (χ1n) is 5.02. The molecule has 0 atom stereocenters. The van der Waals surface area contributed by atoms with Crippen molar-refractivity contribution in [1.82, 2.24) is 4.98 Å². The fraction of sp³-hybridized carbons (Fsp3) is 0.364. The van der Waals surface area contributed by atoms with Crippen LogP contribution in [0.25, 0.3) is 0 Å². The van der Waals surface area contributed by atoms with Gasteiger partial charge >= 0.3 is 5.97 Å². The Hall–Kier alpha value is -2.10. The summed E-state index contributed by atoms with van der Waals surface area (Å²) in [4.78, 5) is 14.5. The number of carbonyl (C=O) groups is 1. The summed E-state index contributed by atoms with van der Waals surface area (Å²) in [7, 11) is 0. The Kier molecular flexibility index (Phi) is 4.66. The minimum Gasteiger partial charge on any atom is -0.466 e. The number of halogens is 3. The molecule has 0 N–H and O–H groups in total. The van der Waals surface area contributed by atoms with Gasteiger partial charge in [-0.05, 0) is 6.92 Å². The molecule has 96 valence electrons. The summed E-state index contributed by atoms with van der Waals surface area (Å²) >= 11 is 0. The zero-order valence-corrected chi connectivity index (χ0v) is 9.41. The van der Waals surface area contributed by atoms with Crippen molar-refractivity contribution in [1.29, 1.82) is 5.26 Å². The Balaban J connectivity index is 3.12. The molecule has 4 nitrogen and oxygen atoms in total. The molecule has 0 radical (unpaired) electrons. The maximum Gasteiger partial charge on any atom is 0.310 e. The average molecular weight is 258 g/mol. The van der Waals surface area contributed by atoms with Crippen LogP contribution >= 0.6 is 0 Å². The third-order valence-corrected chi connectivity index (χ3v) is 2.05. The molecule has 0 spiro atoms. The molecule has 1 heterocycles. The smallest absolute Gasteiger partial charge is 0.310 e. The average Bonchev–Trinajstić information content (AvgIpc) is 2.31. The monoisotopic (exact) mass is 258 g/mol. The summed E-state index contributed by atoms with van der Waals surface area (Å²) in [6, 6.07) is 2.00. The van der Waals surface area contributed by atoms with E-state index in [2.05, 4.69) is 9.72 Å². The van der Waals surface area contributed by atoms with Crippen LogP contribution < -0.4 is 0 Å². The molecule has 0 aromatic carbocycles. The Morgan fingerprint density at radius 3 is 2.78 bits per heavy atom. The molecule has 7 heteroatoms. The molecule has 0 amide bonds. The second kappa shape index (κ2) is 6.00. The van der Waals surface area contributed by atoms with Gasteiger partial charge < -0.3 is 4.74 Å². The highest BCUT2D eigenvalue weighted by atomic mass is 19.3. The Morgan fingerprint density at radius 2 is 2.28 bits per heavy atom. The molecule has 0 aliphatic rings. The molecular weight excluding hydrogens is 249 g/mol. The maximum absolute atomic E-state index is 13.5. The van der Waals surface area contributed by atoms with E-state index in [-0.39, 0.29) is 12.2 Å². The number of aromatic nitrogens is 1. The van der Waals surface area contributed by atoms with Crippen LogP contribution in [0.2, 0.25) is 0 Å². The highest BCUT2D eigenvalue weighted by molar-refractivity contribution is 5.73. The van der Waals surface area contributed by atoms with Crippen LogP contribution in [0.4, 0.5) is 13.2 Å². The molecule has 18 heavy (non-hydrogen) atoms. The van der Waals surface area contributed by atoms with E-state index in [1.54, 1.807) is 6.92 Å². The number of nitriles is 1. The van der Waals surface area contributed by atoms with Gasteiger partial charge in [0.1, 0.15) is 23.3 Å². The van der Waals surface area contributed by atoms with Gasteiger partial charge in [0.25, 0.3) is 6.43 Å². The van der Waals surface area contributed by atoms with Gasteiger partial charge in [-0.1, -0.05) is 0 Å². The van der Waals surface area contributed by atoms with E-state index in [4.69, 9.17) is 5.26 Å². The number of esters is 1. The van der Waals surface area contributed by atoms with E-state index in [0.29, 0.717) is 6.07 Å². The van der Waals surface area contributed by atoms with Crippen molar-refractivity contribution in [2.75, 3.05) is 6.61 Å². The highest BCUT2D eigenvalue weighted by Gasteiger charge is 2.20. The largest absolute Gasteiger partial charge is 0.466 e. The van der Waals surface area contributed by atoms with Crippen LogP contribution in [-0.2, 0) is 16.0 Å². The van der Waals surface area contributed by atoms with E-state index in [1.807, 2.05) is 0 Å². The number of pyridine rings is 1. The van der Waals surface area contributed by atoms with Gasteiger partial charge in [-0.15, -0.1) is 0 Å². The molecule has 0 aliphatic heterocycles. The molecule has 1 aromatic heterocycles. The minimum atomic E-state index is -2.98. The molecular formula is C11H9F3N2O2. The Bertz CT molecular complexity index is 498. The predicted molar refractivity (Wildman–Crippen MR) is 54.2 cm³/mol. The summed E-state index contributed by atoms with van der Waals surface area (Å²) in [5.74, 6) is -1.82. The molecule has 0 bridgehead atoms. The van der Waals surface area contributed by atoms with Crippen molar-refractivity contribution in [3.63, 3.8) is 0 Å². The van der Waals surface area contributed by atoms with Crippen molar-refractivity contribution in [2.24, 2.45) is 0 Å². The van der Waals surface area contributed by atoms with E-state index in [9.17, 15) is 18.0 Å². The molecule has 1 aromatic rings. The van der Waals surface area contributed by atoms with Gasteiger partial charge in [0.05, 0.1) is 13.0 Å². The van der Waals surface area contributed by atoms with Gasteiger partial charge in [-0.25, -0.2) is 18.2 Å². The van der Waals surface area contributed by atoms with Crippen LogP contribution in [0.3, 0.4) is 0 Å². The number of carbonyl (C=O) groups excluding carboxylic acids is 1. The fourth-order valence-corrected chi connectivity index (χ4v) is 1.29. The third kappa shape index (κ3) is 3.20. The Morgan fingerprint density at radius 1 is 1.61 bits per heavy atom. The van der Waals surface area contributed by atoms with Crippen molar-refractivity contribution in [2.45, 2.75) is 19.8 Å². The fourth-order valence-electron chi connectivity index (χ4n) is 1.29. The second-order valence-electron chi connectivity index (χ2n) is 3.25. The van der Waals surface area contributed by atoms with Gasteiger partial charge in [-0.3, -0.25) is 4.79 Å². The minimum absolute atomic E-state index is 0.102. The Labute approximate surface area is 101 Å². The lowest BCUT2D eigenvalue weighted by atomic mass is 10.1. The first-order chi connectivity index (χ1) is 8.49. The summed E-state index contributed by atoms with van der Waals surface area (Å²) in [5.41, 5.74) is -1.70. The topological polar surface area (TPSA) is 63.0 Å². The number of hydrogen-bond donors (Lipinski definition) is 0. The normalized spacial score (nSPS) is 10.2. The van der Waals surface area contributed by atoms with Gasteiger partial charge in [0.15, 0.2) is 0 Å². The van der Waals surface area contributed by atoms with E-state index in [1.165, 1.54) is 6.07 Å². The van der Waals surface area contributed by atoms with Gasteiger partial charge in [-0.2, -0.15) is 5.26 Å². The summed E-state index contributed by atoms with van der Waals surface area (Å²) in [5, 5.41) is 8.72. The standard InChI is InChI=1S/C11H9F3N2O2/c1-2-18-10(17)3-6-7(12)4-8(11(13)14)16-9(6)5-15/h4,11H,2-3H2,1H3. The maximum atomic E-state index is 13.5. The first-order valence-corrected chi connectivity index (χ1v) is 5.02. The number of ether oxygens (including phenoxy) is 1. The van der Waals surface area contributed by atoms with E-state index < -0.39 is 36.0 Å². The van der Waals surface area contributed by atoms with Crippen molar-refractivity contribution < 1.29 is 22.7 Å². The zero-order chi connectivity index (χ0) is 13.7. The zero-order valence-electron chi connectivity index (χ0n) is 9.41. The lowest BCUT2D eigenvalue weighted by molar-refractivity contribution is -0.142. The molecule has 0 unspecified atom stereocenters. The summed E-state index contributed by atoms with van der Waals surface area (Å²) in [6.45, 7) is 1.67. The lowest BCUT2D eigenvalue weighted by Gasteiger charge is -2.07. The number of nitrogens with zero attached hydrogens (tertiary/aromatic N) is 2. The van der Waals surface area contributed by atoms with E-state index >= 15 is 0 Å². The van der Waals surface area contributed by atoms with E-state index in [0.717, 1.165) is 0 Å². The summed E-state index contributed by atoms with van der Waals surface area (Å²) in [6.07, 6.45) is -3.50. The van der Waals surface area contributed by atoms with Crippen LogP contribution in [0, 0.1) is 17.1 Å². The molecule has 0 fully saturated rings. The van der Waals surface area contributed by atoms with Crippen LogP contribution in [-0.4, -0.2) is 17.6 Å². The number of hydrogen-bond acceptors (Lipinski definition) is 4.